The van der Waals surface area contributed by atoms with Crippen molar-refractivity contribution >= 4 is 5.65 Å². The molecule has 6 nitrogen and oxygen atoms in total. The number of benzene rings is 1. The number of rotatable bonds is 5. The average molecular weight is 366 g/mol. The number of likely N-dealkylation sites (tertiary alicyclic amines) is 1. The smallest absolute Gasteiger partial charge is 0.272 e. The number of aromatic amines is 1. The molecule has 27 heavy (non-hydrogen) atoms. The zero-order valence-electron chi connectivity index (χ0n) is 16.2. The molecule has 1 N–H and O–H groups in total. The number of fused-ring (bicyclic) bond motifs is 1. The normalized spacial score (nSPS) is 17.7. The zero-order chi connectivity index (χ0) is 19.0. The van der Waals surface area contributed by atoms with Gasteiger partial charge in [0.2, 0.25) is 0 Å². The molecule has 0 amide bonds. The fourth-order valence-electron chi connectivity index (χ4n) is 4.05. The van der Waals surface area contributed by atoms with Gasteiger partial charge in [-0.2, -0.15) is 0 Å². The molecule has 0 aliphatic carbocycles. The summed E-state index contributed by atoms with van der Waals surface area (Å²) in [6.07, 6.45) is 1.83. The van der Waals surface area contributed by atoms with Crippen molar-refractivity contribution < 1.29 is 4.74 Å². The number of hydrogen-bond acceptors (Lipinski definition) is 4. The van der Waals surface area contributed by atoms with Crippen molar-refractivity contribution in [2.45, 2.75) is 39.2 Å². The third-order valence-corrected chi connectivity index (χ3v) is 5.49. The highest BCUT2D eigenvalue weighted by Gasteiger charge is 2.26. The monoisotopic (exact) mass is 366 g/mol. The maximum absolute atomic E-state index is 12.3. The fraction of sp³-hybridized carbons (Fsp3) is 0.429. The van der Waals surface area contributed by atoms with Gasteiger partial charge in [-0.05, 0) is 31.9 Å². The molecule has 1 aliphatic heterocycles. The van der Waals surface area contributed by atoms with Crippen LogP contribution in [0.25, 0.3) is 5.65 Å². The number of aromatic nitrogens is 3. The van der Waals surface area contributed by atoms with Crippen LogP contribution in [0, 0.1) is 6.92 Å². The lowest BCUT2D eigenvalue weighted by atomic mass is 10.1. The van der Waals surface area contributed by atoms with E-state index in [0.717, 1.165) is 49.6 Å². The van der Waals surface area contributed by atoms with Gasteiger partial charge in [-0.25, -0.2) is 9.50 Å². The van der Waals surface area contributed by atoms with Crippen molar-refractivity contribution in [3.8, 4) is 5.75 Å². The molecule has 0 unspecified atom stereocenters. The van der Waals surface area contributed by atoms with Crippen LogP contribution in [-0.2, 0) is 13.0 Å². The van der Waals surface area contributed by atoms with Gasteiger partial charge in [0.1, 0.15) is 5.75 Å². The first kappa shape index (κ1) is 17.8. The highest BCUT2D eigenvalue weighted by molar-refractivity contribution is 5.42. The molecule has 1 atom stereocenters. The highest BCUT2D eigenvalue weighted by atomic mass is 16.5. The second-order valence-electron chi connectivity index (χ2n) is 7.33. The van der Waals surface area contributed by atoms with E-state index in [1.165, 1.54) is 11.1 Å². The first-order chi connectivity index (χ1) is 13.1. The van der Waals surface area contributed by atoms with Crippen molar-refractivity contribution in [3.05, 3.63) is 63.2 Å². The molecule has 2 aromatic heterocycles. The van der Waals surface area contributed by atoms with Crippen LogP contribution in [0.15, 0.2) is 35.1 Å². The van der Waals surface area contributed by atoms with E-state index >= 15 is 0 Å². The molecular weight excluding hydrogens is 340 g/mol. The summed E-state index contributed by atoms with van der Waals surface area (Å²) < 4.78 is 7.15. The molecule has 0 spiro atoms. The molecule has 3 aromatic rings. The van der Waals surface area contributed by atoms with Crippen molar-refractivity contribution in [2.75, 3.05) is 20.2 Å². The van der Waals surface area contributed by atoms with Crippen LogP contribution in [0.3, 0.4) is 0 Å². The van der Waals surface area contributed by atoms with E-state index in [1.54, 1.807) is 17.7 Å². The Hall–Kier alpha value is -2.60. The van der Waals surface area contributed by atoms with Crippen LogP contribution in [0.4, 0.5) is 0 Å². The zero-order valence-corrected chi connectivity index (χ0v) is 16.2. The lowest BCUT2D eigenvalue weighted by molar-refractivity contribution is 0.316. The third kappa shape index (κ3) is 3.37. The van der Waals surface area contributed by atoms with Crippen molar-refractivity contribution in [1.82, 2.24) is 19.5 Å². The number of nitrogens with one attached hydrogen (secondary N) is 1. The first-order valence-corrected chi connectivity index (χ1v) is 9.55. The number of para-hydroxylation sites is 1. The van der Waals surface area contributed by atoms with E-state index in [0.29, 0.717) is 11.6 Å². The third-order valence-electron chi connectivity index (χ3n) is 5.49. The van der Waals surface area contributed by atoms with Gasteiger partial charge in [0.15, 0.2) is 5.65 Å². The molecule has 4 rings (SSSR count). The largest absolute Gasteiger partial charge is 0.496 e. The number of ether oxygens (including phenoxy) is 1. The van der Waals surface area contributed by atoms with Gasteiger partial charge in [0.25, 0.3) is 5.56 Å². The Labute approximate surface area is 158 Å². The Morgan fingerprint density at radius 3 is 2.96 bits per heavy atom. The van der Waals surface area contributed by atoms with Crippen LogP contribution in [0.1, 0.15) is 41.8 Å². The fourth-order valence-corrected chi connectivity index (χ4v) is 4.05. The lowest BCUT2D eigenvalue weighted by Crippen LogP contribution is -2.20. The maximum Gasteiger partial charge on any atom is 0.272 e. The van der Waals surface area contributed by atoms with Gasteiger partial charge in [-0.1, -0.05) is 25.1 Å². The predicted octanol–water partition coefficient (Wildman–Crippen LogP) is 2.89. The molecule has 0 saturated carbocycles. The second kappa shape index (κ2) is 7.19. The Kier molecular flexibility index (Phi) is 4.74. The standard InChI is InChI=1S/C21H26N4O2/c1-4-17-10-20(26)25-19(22-17)11-18(23-25)15-8-9-24(12-15)13-16-7-5-6-14(2)21(16)27-3/h5-7,10-11,15,23H,4,8-9,12-13H2,1-3H3/t15-/m0/s1. The Morgan fingerprint density at radius 2 is 2.19 bits per heavy atom. The van der Waals surface area contributed by atoms with Crippen molar-refractivity contribution in [1.29, 1.82) is 0 Å². The number of methoxy groups -OCH3 is 1. The summed E-state index contributed by atoms with van der Waals surface area (Å²) in [5.41, 5.74) is 4.99. The van der Waals surface area contributed by atoms with E-state index in [1.807, 2.05) is 13.0 Å². The van der Waals surface area contributed by atoms with Gasteiger partial charge in [-0.3, -0.25) is 14.8 Å². The van der Waals surface area contributed by atoms with Gasteiger partial charge in [-0.15, -0.1) is 0 Å². The number of nitrogens with zero attached hydrogens (tertiary/aromatic N) is 3. The molecule has 1 saturated heterocycles. The van der Waals surface area contributed by atoms with E-state index < -0.39 is 0 Å². The molecular formula is C21H26N4O2. The number of H-pyrrole nitrogens is 1. The minimum Gasteiger partial charge on any atom is -0.496 e. The van der Waals surface area contributed by atoms with Crippen molar-refractivity contribution in [2.24, 2.45) is 0 Å². The molecule has 1 aliphatic rings. The average Bonchev–Trinajstić information content (AvgIpc) is 3.29. The Balaban J connectivity index is 1.53. The molecule has 0 bridgehead atoms. The van der Waals surface area contributed by atoms with Crippen LogP contribution >= 0.6 is 0 Å². The van der Waals surface area contributed by atoms with Gasteiger partial charge in [0.05, 0.1) is 7.11 Å². The molecule has 6 heteroatoms. The summed E-state index contributed by atoms with van der Waals surface area (Å²) in [5, 5.41) is 3.26. The van der Waals surface area contributed by atoms with Crippen LogP contribution < -0.4 is 10.3 Å². The van der Waals surface area contributed by atoms with E-state index in [9.17, 15) is 4.79 Å². The minimum absolute atomic E-state index is 0.0394. The quantitative estimate of drug-likeness (QED) is 0.754. The number of hydrogen-bond donors (Lipinski definition) is 1. The lowest BCUT2D eigenvalue weighted by Gasteiger charge is -2.18. The molecule has 1 fully saturated rings. The Morgan fingerprint density at radius 1 is 1.33 bits per heavy atom. The van der Waals surface area contributed by atoms with E-state index in [2.05, 4.69) is 40.1 Å². The second-order valence-corrected chi connectivity index (χ2v) is 7.33. The van der Waals surface area contributed by atoms with Crippen molar-refractivity contribution in [3.63, 3.8) is 0 Å². The van der Waals surface area contributed by atoms with Gasteiger partial charge < -0.3 is 4.74 Å². The minimum atomic E-state index is -0.0394. The summed E-state index contributed by atoms with van der Waals surface area (Å²) in [7, 11) is 1.73. The molecule has 142 valence electrons. The molecule has 3 heterocycles. The van der Waals surface area contributed by atoms with Gasteiger partial charge >= 0.3 is 0 Å². The Bertz CT molecular complexity index is 1020. The topological polar surface area (TPSA) is 62.6 Å². The summed E-state index contributed by atoms with van der Waals surface area (Å²) >= 11 is 0. The van der Waals surface area contributed by atoms with E-state index in [-0.39, 0.29) is 5.56 Å². The van der Waals surface area contributed by atoms with Crippen LogP contribution in [0.5, 0.6) is 5.75 Å². The summed E-state index contributed by atoms with van der Waals surface area (Å²) in [5.74, 6) is 1.36. The van der Waals surface area contributed by atoms with Gasteiger partial charge in [0, 0.05) is 48.1 Å². The van der Waals surface area contributed by atoms with E-state index in [4.69, 9.17) is 4.74 Å². The SMILES string of the molecule is CCc1cc(=O)n2[nH]c([C@H]3CCN(Cc4cccc(C)c4OC)C3)cc2n1. The summed E-state index contributed by atoms with van der Waals surface area (Å²) in [4.78, 5) is 19.3. The van der Waals surface area contributed by atoms with Crippen LogP contribution in [-0.4, -0.2) is 39.7 Å². The molecule has 0 radical (unpaired) electrons. The van der Waals surface area contributed by atoms with Crippen LogP contribution in [0.2, 0.25) is 0 Å². The molecule has 1 aromatic carbocycles. The predicted molar refractivity (Wildman–Crippen MR) is 106 cm³/mol. The highest BCUT2D eigenvalue weighted by Crippen LogP contribution is 2.30. The first-order valence-electron chi connectivity index (χ1n) is 9.55. The number of aryl methyl sites for hydroxylation is 2. The summed E-state index contributed by atoms with van der Waals surface area (Å²) in [6.45, 7) is 6.95. The summed E-state index contributed by atoms with van der Waals surface area (Å²) in [6, 6.07) is 9.94. The maximum atomic E-state index is 12.3.